The minimum Gasteiger partial charge on any atom is -0.477 e. The maximum atomic E-state index is 13.0. The molecule has 1 saturated heterocycles. The second kappa shape index (κ2) is 10.8. The smallest absolute Gasteiger partial charge is 0.222 e. The Hall–Kier alpha value is -3.03. The number of carbonyl (C=O) groups excluding carboxylic acids is 2. The van der Waals surface area contributed by atoms with E-state index in [1.807, 2.05) is 11.0 Å². The van der Waals surface area contributed by atoms with Crippen LogP contribution in [0, 0.1) is 11.7 Å². The van der Waals surface area contributed by atoms with E-state index in [9.17, 15) is 14.0 Å². The molecule has 0 saturated carbocycles. The van der Waals surface area contributed by atoms with Gasteiger partial charge in [0.2, 0.25) is 11.8 Å². The standard InChI is InChI=1S/C23H29FN4O3/c1-17(2)15-31-22-14-21(25-16-26-22)27-10-12-28(13-11-27)23(30)5-3-4-20(29)18-6-8-19(24)9-7-18/h6-9,14,16-17H,3-5,10-13,15H2,1-2H3. The minimum absolute atomic E-state index is 0.0511. The third-order valence-electron chi connectivity index (χ3n) is 5.11. The van der Waals surface area contributed by atoms with Gasteiger partial charge in [0, 0.05) is 50.7 Å². The number of aromatic nitrogens is 2. The van der Waals surface area contributed by atoms with Gasteiger partial charge in [0.25, 0.3) is 0 Å². The number of hydrogen-bond acceptors (Lipinski definition) is 6. The van der Waals surface area contributed by atoms with Crippen molar-refractivity contribution in [3.05, 3.63) is 48.0 Å². The molecule has 0 N–H and O–H groups in total. The van der Waals surface area contributed by atoms with Crippen LogP contribution in [0.25, 0.3) is 0 Å². The first-order chi connectivity index (χ1) is 14.9. The molecule has 2 heterocycles. The van der Waals surface area contributed by atoms with Gasteiger partial charge in [-0.2, -0.15) is 0 Å². The maximum Gasteiger partial charge on any atom is 0.222 e. The zero-order chi connectivity index (χ0) is 22.2. The number of amides is 1. The second-order valence-electron chi connectivity index (χ2n) is 8.07. The van der Waals surface area contributed by atoms with E-state index in [2.05, 4.69) is 28.7 Å². The highest BCUT2D eigenvalue weighted by atomic mass is 19.1. The molecular formula is C23H29FN4O3. The van der Waals surface area contributed by atoms with E-state index in [-0.39, 0.29) is 23.9 Å². The van der Waals surface area contributed by atoms with Crippen LogP contribution in [0.3, 0.4) is 0 Å². The van der Waals surface area contributed by atoms with E-state index in [1.165, 1.54) is 30.6 Å². The highest BCUT2D eigenvalue weighted by molar-refractivity contribution is 5.96. The van der Waals surface area contributed by atoms with Crippen LogP contribution in [0.4, 0.5) is 10.2 Å². The summed E-state index contributed by atoms with van der Waals surface area (Å²) in [6.07, 6.45) is 2.59. The number of carbonyl (C=O) groups is 2. The molecule has 0 spiro atoms. The number of benzene rings is 1. The lowest BCUT2D eigenvalue weighted by molar-refractivity contribution is -0.131. The number of halogens is 1. The summed E-state index contributed by atoms with van der Waals surface area (Å²) in [6, 6.07) is 7.33. The van der Waals surface area contributed by atoms with Crippen molar-refractivity contribution in [2.24, 2.45) is 5.92 Å². The van der Waals surface area contributed by atoms with Crippen molar-refractivity contribution >= 4 is 17.5 Å². The van der Waals surface area contributed by atoms with Crippen LogP contribution in [0.15, 0.2) is 36.7 Å². The fraction of sp³-hybridized carbons (Fsp3) is 0.478. The molecule has 1 aromatic carbocycles. The normalized spacial score (nSPS) is 14.1. The molecule has 1 aromatic heterocycles. The lowest BCUT2D eigenvalue weighted by atomic mass is 10.1. The number of Topliss-reactive ketones (excluding diaryl/α,β-unsaturated/α-hetero) is 1. The number of nitrogens with zero attached hydrogens (tertiary/aromatic N) is 4. The van der Waals surface area contributed by atoms with E-state index >= 15 is 0 Å². The van der Waals surface area contributed by atoms with Gasteiger partial charge in [0.05, 0.1) is 6.61 Å². The van der Waals surface area contributed by atoms with Gasteiger partial charge in [0.15, 0.2) is 5.78 Å². The second-order valence-corrected chi connectivity index (χ2v) is 8.07. The Kier molecular flexibility index (Phi) is 7.92. The number of piperazine rings is 1. The summed E-state index contributed by atoms with van der Waals surface area (Å²) in [6.45, 7) is 7.34. The Morgan fingerprint density at radius 1 is 1.06 bits per heavy atom. The largest absolute Gasteiger partial charge is 0.477 e. The summed E-state index contributed by atoms with van der Waals surface area (Å²) in [7, 11) is 0. The summed E-state index contributed by atoms with van der Waals surface area (Å²) in [4.78, 5) is 37.1. The Morgan fingerprint density at radius 3 is 2.45 bits per heavy atom. The molecule has 0 unspecified atom stereocenters. The van der Waals surface area contributed by atoms with Gasteiger partial charge in [-0.1, -0.05) is 13.8 Å². The fourth-order valence-electron chi connectivity index (χ4n) is 3.36. The van der Waals surface area contributed by atoms with Gasteiger partial charge >= 0.3 is 0 Å². The molecule has 1 aliphatic rings. The first kappa shape index (κ1) is 22.7. The molecule has 3 rings (SSSR count). The highest BCUT2D eigenvalue weighted by Crippen LogP contribution is 2.19. The quantitative estimate of drug-likeness (QED) is 0.570. The average molecular weight is 429 g/mol. The van der Waals surface area contributed by atoms with Crippen molar-refractivity contribution in [1.82, 2.24) is 14.9 Å². The van der Waals surface area contributed by atoms with Crippen LogP contribution in [-0.2, 0) is 4.79 Å². The van der Waals surface area contributed by atoms with Gasteiger partial charge in [-0.25, -0.2) is 14.4 Å². The van der Waals surface area contributed by atoms with Gasteiger partial charge in [-0.05, 0) is 36.6 Å². The number of ketones is 1. The van der Waals surface area contributed by atoms with Crippen molar-refractivity contribution in [1.29, 1.82) is 0 Å². The molecule has 8 heteroatoms. The molecular weight excluding hydrogens is 399 g/mol. The van der Waals surface area contributed by atoms with Gasteiger partial charge in [-0.15, -0.1) is 0 Å². The Bertz CT molecular complexity index is 881. The first-order valence-corrected chi connectivity index (χ1v) is 10.7. The summed E-state index contributed by atoms with van der Waals surface area (Å²) >= 11 is 0. The topological polar surface area (TPSA) is 75.6 Å². The average Bonchev–Trinajstić information content (AvgIpc) is 2.78. The van der Waals surface area contributed by atoms with E-state index in [0.717, 1.165) is 5.82 Å². The third kappa shape index (κ3) is 6.73. The molecule has 2 aromatic rings. The fourth-order valence-corrected chi connectivity index (χ4v) is 3.36. The van der Waals surface area contributed by atoms with Crippen molar-refractivity contribution in [3.63, 3.8) is 0 Å². The Labute approximate surface area is 182 Å². The van der Waals surface area contributed by atoms with E-state index < -0.39 is 0 Å². The van der Waals surface area contributed by atoms with E-state index in [4.69, 9.17) is 4.74 Å². The molecule has 0 bridgehead atoms. The number of hydrogen-bond donors (Lipinski definition) is 0. The molecule has 31 heavy (non-hydrogen) atoms. The van der Waals surface area contributed by atoms with Crippen molar-refractivity contribution in [2.45, 2.75) is 33.1 Å². The molecule has 1 amide bonds. The van der Waals surface area contributed by atoms with E-state index in [0.29, 0.717) is 63.0 Å². The summed E-state index contributed by atoms with van der Waals surface area (Å²) < 4.78 is 18.6. The maximum absolute atomic E-state index is 13.0. The van der Waals surface area contributed by atoms with Gasteiger partial charge < -0.3 is 14.5 Å². The lowest BCUT2D eigenvalue weighted by Gasteiger charge is -2.35. The number of ether oxygens (including phenoxy) is 1. The molecule has 0 atom stereocenters. The van der Waals surface area contributed by atoms with Crippen LogP contribution >= 0.6 is 0 Å². The van der Waals surface area contributed by atoms with Crippen LogP contribution in [0.2, 0.25) is 0 Å². The molecule has 1 aliphatic heterocycles. The van der Waals surface area contributed by atoms with Gasteiger partial charge in [0.1, 0.15) is 18.0 Å². The molecule has 1 fully saturated rings. The third-order valence-corrected chi connectivity index (χ3v) is 5.11. The summed E-state index contributed by atoms with van der Waals surface area (Å²) in [5.41, 5.74) is 0.476. The van der Waals surface area contributed by atoms with Crippen molar-refractivity contribution < 1.29 is 18.7 Å². The monoisotopic (exact) mass is 428 g/mol. The van der Waals surface area contributed by atoms with Crippen LogP contribution in [0.5, 0.6) is 5.88 Å². The Balaban J connectivity index is 1.42. The molecule has 0 aliphatic carbocycles. The predicted molar refractivity (Wildman–Crippen MR) is 116 cm³/mol. The van der Waals surface area contributed by atoms with Crippen molar-refractivity contribution in [2.75, 3.05) is 37.7 Å². The van der Waals surface area contributed by atoms with Gasteiger partial charge in [-0.3, -0.25) is 9.59 Å². The molecule has 166 valence electrons. The number of anilines is 1. The SMILES string of the molecule is CC(C)COc1cc(N2CCN(C(=O)CCCC(=O)c3ccc(F)cc3)CC2)ncn1. The minimum atomic E-state index is -0.368. The zero-order valence-electron chi connectivity index (χ0n) is 18.1. The zero-order valence-corrected chi connectivity index (χ0v) is 18.1. The lowest BCUT2D eigenvalue weighted by Crippen LogP contribution is -2.49. The Morgan fingerprint density at radius 2 is 1.77 bits per heavy atom. The molecule has 0 radical (unpaired) electrons. The highest BCUT2D eigenvalue weighted by Gasteiger charge is 2.22. The molecule has 7 nitrogen and oxygen atoms in total. The van der Waals surface area contributed by atoms with Crippen LogP contribution in [0.1, 0.15) is 43.5 Å². The van der Waals surface area contributed by atoms with Crippen LogP contribution < -0.4 is 9.64 Å². The number of rotatable bonds is 9. The van der Waals surface area contributed by atoms with Crippen LogP contribution in [-0.4, -0.2) is 59.3 Å². The first-order valence-electron chi connectivity index (χ1n) is 10.7. The summed E-state index contributed by atoms with van der Waals surface area (Å²) in [5.74, 6) is 1.38. The van der Waals surface area contributed by atoms with E-state index in [1.54, 1.807) is 0 Å². The summed E-state index contributed by atoms with van der Waals surface area (Å²) in [5, 5.41) is 0. The predicted octanol–water partition coefficient (Wildman–Crippen LogP) is 3.35. The van der Waals surface area contributed by atoms with Crippen molar-refractivity contribution in [3.8, 4) is 5.88 Å².